The van der Waals surface area contributed by atoms with Crippen molar-refractivity contribution >= 4 is 23.5 Å². The third-order valence-electron chi connectivity index (χ3n) is 4.90. The Morgan fingerprint density at radius 3 is 2.72 bits per heavy atom. The number of anilines is 1. The molecule has 0 bridgehead atoms. The third kappa shape index (κ3) is 3.38. The Labute approximate surface area is 148 Å². The Morgan fingerprint density at radius 2 is 2.00 bits per heavy atom. The van der Waals surface area contributed by atoms with Crippen molar-refractivity contribution < 1.29 is 14.4 Å². The second-order valence-electron chi connectivity index (χ2n) is 7.34. The number of para-hydroxylation sites is 1. The van der Waals surface area contributed by atoms with Gasteiger partial charge in [-0.05, 0) is 43.7 Å². The van der Waals surface area contributed by atoms with Crippen molar-refractivity contribution in [2.75, 3.05) is 11.4 Å². The monoisotopic (exact) mass is 343 g/mol. The van der Waals surface area contributed by atoms with Gasteiger partial charge in [0.1, 0.15) is 12.6 Å². The zero-order valence-electron chi connectivity index (χ0n) is 15.0. The summed E-state index contributed by atoms with van der Waals surface area (Å²) in [6.07, 6.45) is 2.39. The Balaban J connectivity index is 1.76. The molecule has 0 unspecified atom stereocenters. The lowest BCUT2D eigenvalue weighted by atomic mass is 9.96. The predicted octanol–water partition coefficient (Wildman–Crippen LogP) is 2.32. The molecule has 1 saturated heterocycles. The van der Waals surface area contributed by atoms with E-state index in [0.717, 1.165) is 29.0 Å². The van der Waals surface area contributed by atoms with Crippen molar-refractivity contribution in [3.8, 4) is 0 Å². The SMILES string of the molecule is CC(C)C[C@H]1NC(=O)N(CC(=O)N2c3ccccc3CC[C@H]2C)C1=O. The summed E-state index contributed by atoms with van der Waals surface area (Å²) in [6.45, 7) is 5.79. The molecule has 4 amide bonds. The van der Waals surface area contributed by atoms with Crippen molar-refractivity contribution in [1.82, 2.24) is 10.2 Å². The molecular weight excluding hydrogens is 318 g/mol. The lowest BCUT2D eigenvalue weighted by molar-refractivity contribution is -0.131. The molecule has 1 aromatic rings. The van der Waals surface area contributed by atoms with E-state index in [-0.39, 0.29) is 24.4 Å². The molecule has 1 N–H and O–H groups in total. The number of carbonyl (C=O) groups is 3. The summed E-state index contributed by atoms with van der Waals surface area (Å²) in [7, 11) is 0. The van der Waals surface area contributed by atoms with Crippen LogP contribution >= 0.6 is 0 Å². The first-order valence-electron chi connectivity index (χ1n) is 8.90. The summed E-state index contributed by atoms with van der Waals surface area (Å²) in [5, 5.41) is 2.69. The Bertz CT molecular complexity index is 701. The number of hydrogen-bond acceptors (Lipinski definition) is 3. The molecule has 3 rings (SSSR count). The first kappa shape index (κ1) is 17.5. The minimum Gasteiger partial charge on any atom is -0.326 e. The van der Waals surface area contributed by atoms with Gasteiger partial charge in [0.2, 0.25) is 5.91 Å². The molecule has 0 saturated carbocycles. The average molecular weight is 343 g/mol. The van der Waals surface area contributed by atoms with Gasteiger partial charge in [-0.25, -0.2) is 4.79 Å². The molecule has 2 aliphatic heterocycles. The van der Waals surface area contributed by atoms with Crippen LogP contribution in [-0.4, -0.2) is 41.4 Å². The Hall–Kier alpha value is -2.37. The highest BCUT2D eigenvalue weighted by Crippen LogP contribution is 2.30. The van der Waals surface area contributed by atoms with E-state index in [9.17, 15) is 14.4 Å². The van der Waals surface area contributed by atoms with Gasteiger partial charge in [-0.2, -0.15) is 0 Å². The van der Waals surface area contributed by atoms with Gasteiger partial charge >= 0.3 is 6.03 Å². The zero-order chi connectivity index (χ0) is 18.1. The summed E-state index contributed by atoms with van der Waals surface area (Å²) in [6, 6.07) is 6.88. The molecule has 6 heteroatoms. The van der Waals surface area contributed by atoms with Crippen LogP contribution in [0.3, 0.4) is 0 Å². The lowest BCUT2D eigenvalue weighted by Crippen LogP contribution is -2.48. The van der Waals surface area contributed by atoms with E-state index in [4.69, 9.17) is 0 Å². The molecule has 2 aliphatic rings. The van der Waals surface area contributed by atoms with E-state index in [1.165, 1.54) is 0 Å². The van der Waals surface area contributed by atoms with Crippen molar-refractivity contribution in [2.24, 2.45) is 5.92 Å². The van der Waals surface area contributed by atoms with Gasteiger partial charge in [-0.15, -0.1) is 0 Å². The minimum atomic E-state index is -0.522. The second kappa shape index (κ2) is 6.86. The van der Waals surface area contributed by atoms with Crippen molar-refractivity contribution in [3.63, 3.8) is 0 Å². The maximum absolute atomic E-state index is 12.9. The largest absolute Gasteiger partial charge is 0.326 e. The number of amides is 4. The molecule has 2 atom stereocenters. The molecule has 0 aliphatic carbocycles. The average Bonchev–Trinajstić information content (AvgIpc) is 2.81. The fourth-order valence-corrected chi connectivity index (χ4v) is 3.64. The van der Waals surface area contributed by atoms with Crippen LogP contribution in [0.15, 0.2) is 24.3 Å². The summed E-state index contributed by atoms with van der Waals surface area (Å²) in [5.41, 5.74) is 2.01. The molecular formula is C19H25N3O3. The molecule has 0 aromatic heterocycles. The molecule has 25 heavy (non-hydrogen) atoms. The minimum absolute atomic E-state index is 0.0506. The number of carbonyl (C=O) groups excluding carboxylic acids is 3. The van der Waals surface area contributed by atoms with E-state index in [1.807, 2.05) is 45.0 Å². The third-order valence-corrected chi connectivity index (χ3v) is 4.90. The second-order valence-corrected chi connectivity index (χ2v) is 7.34. The van der Waals surface area contributed by atoms with Gasteiger partial charge < -0.3 is 10.2 Å². The highest BCUT2D eigenvalue weighted by atomic mass is 16.2. The van der Waals surface area contributed by atoms with Gasteiger partial charge in [0.25, 0.3) is 5.91 Å². The van der Waals surface area contributed by atoms with Gasteiger partial charge in [0, 0.05) is 11.7 Å². The summed E-state index contributed by atoms with van der Waals surface area (Å²) in [4.78, 5) is 40.3. The van der Waals surface area contributed by atoms with Crippen molar-refractivity contribution in [3.05, 3.63) is 29.8 Å². The first-order valence-corrected chi connectivity index (χ1v) is 8.90. The number of imide groups is 1. The van der Waals surface area contributed by atoms with Gasteiger partial charge in [-0.1, -0.05) is 32.0 Å². The zero-order valence-corrected chi connectivity index (χ0v) is 15.0. The van der Waals surface area contributed by atoms with E-state index in [0.29, 0.717) is 12.3 Å². The number of nitrogens with zero attached hydrogens (tertiary/aromatic N) is 2. The summed E-state index contributed by atoms with van der Waals surface area (Å²) < 4.78 is 0. The highest BCUT2D eigenvalue weighted by Gasteiger charge is 2.40. The van der Waals surface area contributed by atoms with Crippen LogP contribution in [0.5, 0.6) is 0 Å². The quantitative estimate of drug-likeness (QED) is 0.853. The van der Waals surface area contributed by atoms with E-state index < -0.39 is 12.1 Å². The Morgan fingerprint density at radius 1 is 1.28 bits per heavy atom. The Kier molecular flexibility index (Phi) is 4.79. The highest BCUT2D eigenvalue weighted by molar-refractivity contribution is 6.08. The molecule has 0 spiro atoms. The maximum atomic E-state index is 12.9. The van der Waals surface area contributed by atoms with Crippen LogP contribution in [0, 0.1) is 5.92 Å². The van der Waals surface area contributed by atoms with E-state index in [2.05, 4.69) is 5.32 Å². The smallest absolute Gasteiger partial charge is 0.325 e. The summed E-state index contributed by atoms with van der Waals surface area (Å²) >= 11 is 0. The fourth-order valence-electron chi connectivity index (χ4n) is 3.64. The fraction of sp³-hybridized carbons (Fsp3) is 0.526. The van der Waals surface area contributed by atoms with Crippen LogP contribution in [-0.2, 0) is 16.0 Å². The van der Waals surface area contributed by atoms with Gasteiger partial charge in [0.15, 0.2) is 0 Å². The summed E-state index contributed by atoms with van der Waals surface area (Å²) in [5.74, 6) is -0.225. The van der Waals surface area contributed by atoms with Crippen LogP contribution in [0.25, 0.3) is 0 Å². The number of rotatable bonds is 4. The molecule has 2 heterocycles. The molecule has 1 fully saturated rings. The molecule has 6 nitrogen and oxygen atoms in total. The molecule has 1 aromatic carbocycles. The van der Waals surface area contributed by atoms with E-state index in [1.54, 1.807) is 4.90 Å². The number of fused-ring (bicyclic) bond motifs is 1. The maximum Gasteiger partial charge on any atom is 0.325 e. The predicted molar refractivity (Wildman–Crippen MR) is 95.2 cm³/mol. The number of benzene rings is 1. The topological polar surface area (TPSA) is 69.7 Å². The van der Waals surface area contributed by atoms with Crippen LogP contribution in [0.4, 0.5) is 10.5 Å². The van der Waals surface area contributed by atoms with Crippen molar-refractivity contribution in [2.45, 2.75) is 52.1 Å². The normalized spacial score (nSPS) is 23.0. The van der Waals surface area contributed by atoms with Gasteiger partial charge in [-0.3, -0.25) is 14.5 Å². The number of aryl methyl sites for hydroxylation is 1. The lowest BCUT2D eigenvalue weighted by Gasteiger charge is -2.36. The van der Waals surface area contributed by atoms with Crippen LogP contribution in [0.1, 0.15) is 39.2 Å². The van der Waals surface area contributed by atoms with E-state index >= 15 is 0 Å². The van der Waals surface area contributed by atoms with Crippen LogP contribution in [0.2, 0.25) is 0 Å². The standard InChI is InChI=1S/C19H25N3O3/c1-12(2)10-15-18(24)21(19(25)20-15)11-17(23)22-13(3)8-9-14-6-4-5-7-16(14)22/h4-7,12-13,15H,8-11H2,1-3H3,(H,20,25)/t13-,15-/m1/s1. The number of urea groups is 1. The number of nitrogens with one attached hydrogen (secondary N) is 1. The molecule has 0 radical (unpaired) electrons. The first-order chi connectivity index (χ1) is 11.9. The van der Waals surface area contributed by atoms with Crippen LogP contribution < -0.4 is 10.2 Å². The van der Waals surface area contributed by atoms with Crippen molar-refractivity contribution in [1.29, 1.82) is 0 Å². The molecule has 134 valence electrons. The number of hydrogen-bond donors (Lipinski definition) is 1. The van der Waals surface area contributed by atoms with Gasteiger partial charge in [0.05, 0.1) is 0 Å².